The Hall–Kier alpha value is -0.0200. The van der Waals surface area contributed by atoms with Gasteiger partial charge < -0.3 is 0 Å². The molecule has 0 atom stereocenters. The predicted octanol–water partition coefficient (Wildman–Crippen LogP) is 1.17. The maximum absolute atomic E-state index is 10.7. The molecule has 0 aliphatic heterocycles. The topological polar surface area (TPSA) is 34.1 Å². The number of rotatable bonds is 3. The van der Waals surface area contributed by atoms with Crippen molar-refractivity contribution in [2.45, 2.75) is 6.92 Å². The molecule has 0 fully saturated rings. The molecule has 0 heterocycles. The zero-order valence-corrected chi connectivity index (χ0v) is 6.80. The van der Waals surface area contributed by atoms with Gasteiger partial charge in [0.15, 0.2) is 9.84 Å². The maximum Gasteiger partial charge on any atom is 0.174 e. The summed E-state index contributed by atoms with van der Waals surface area (Å²) in [6.45, 7) is 4.76. The fraction of sp³-hybridized carbons (Fsp3) is 0.600. The molecular formula is C5H9ClO2S. The van der Waals surface area contributed by atoms with Crippen LogP contribution in [0, 0.1) is 0 Å². The number of sulfone groups is 1. The van der Waals surface area contributed by atoms with Gasteiger partial charge in [-0.3, -0.25) is 0 Å². The molecule has 0 saturated carbocycles. The average molecular weight is 169 g/mol. The van der Waals surface area contributed by atoms with Crippen LogP contribution in [0.25, 0.3) is 0 Å². The van der Waals surface area contributed by atoms with Crippen molar-refractivity contribution >= 4 is 21.4 Å². The Labute approximate surface area is 60.4 Å². The predicted molar refractivity (Wildman–Crippen MR) is 39.3 cm³/mol. The number of halogens is 1. The van der Waals surface area contributed by atoms with Gasteiger partial charge in [0, 0.05) is 10.8 Å². The van der Waals surface area contributed by atoms with Crippen LogP contribution in [0.5, 0.6) is 0 Å². The molecule has 0 N–H and O–H groups in total. The van der Waals surface area contributed by atoms with Gasteiger partial charge >= 0.3 is 0 Å². The van der Waals surface area contributed by atoms with Crippen LogP contribution in [0.1, 0.15) is 6.92 Å². The summed E-state index contributed by atoms with van der Waals surface area (Å²) in [5.74, 6) is 0.124. The van der Waals surface area contributed by atoms with E-state index in [1.807, 2.05) is 0 Å². The van der Waals surface area contributed by atoms with E-state index in [4.69, 9.17) is 11.6 Å². The van der Waals surface area contributed by atoms with Crippen molar-refractivity contribution in [2.24, 2.45) is 0 Å². The van der Waals surface area contributed by atoms with Crippen LogP contribution in [-0.4, -0.2) is 20.1 Å². The Morgan fingerprint density at radius 1 is 1.67 bits per heavy atom. The molecule has 0 saturated heterocycles. The summed E-state index contributed by atoms with van der Waals surface area (Å²) >= 11 is 5.21. The van der Waals surface area contributed by atoms with E-state index in [0.717, 1.165) is 0 Å². The third kappa shape index (κ3) is 2.87. The van der Waals surface area contributed by atoms with E-state index >= 15 is 0 Å². The molecule has 9 heavy (non-hydrogen) atoms. The first-order chi connectivity index (χ1) is 4.00. The van der Waals surface area contributed by atoms with Crippen molar-refractivity contribution in [3.8, 4) is 0 Å². The van der Waals surface area contributed by atoms with E-state index in [9.17, 15) is 8.42 Å². The third-order valence-electron chi connectivity index (χ3n) is 0.877. The lowest BCUT2D eigenvalue weighted by Crippen LogP contribution is -2.06. The van der Waals surface area contributed by atoms with Gasteiger partial charge in [0.1, 0.15) is 0 Å². The molecule has 0 aliphatic carbocycles. The molecule has 0 aromatic rings. The van der Waals surface area contributed by atoms with E-state index in [0.29, 0.717) is 0 Å². The van der Waals surface area contributed by atoms with E-state index in [-0.39, 0.29) is 16.5 Å². The van der Waals surface area contributed by atoms with Crippen molar-refractivity contribution < 1.29 is 8.42 Å². The first-order valence-corrected chi connectivity index (χ1v) is 4.63. The van der Waals surface area contributed by atoms with Crippen LogP contribution >= 0.6 is 11.6 Å². The van der Waals surface area contributed by atoms with Crippen molar-refractivity contribution in [1.29, 1.82) is 0 Å². The summed E-state index contributed by atoms with van der Waals surface area (Å²) in [4.78, 5) is 0.183. The van der Waals surface area contributed by atoms with Crippen molar-refractivity contribution in [1.82, 2.24) is 0 Å². The molecule has 4 heteroatoms. The molecule has 0 bridgehead atoms. The normalized spacial score (nSPS) is 11.3. The molecule has 0 aromatic heterocycles. The third-order valence-corrected chi connectivity index (χ3v) is 3.09. The van der Waals surface area contributed by atoms with Gasteiger partial charge in [-0.2, -0.15) is 0 Å². The van der Waals surface area contributed by atoms with Crippen molar-refractivity contribution in [3.63, 3.8) is 0 Å². The van der Waals surface area contributed by atoms with Crippen LogP contribution in [0.4, 0.5) is 0 Å². The second-order valence-corrected chi connectivity index (χ2v) is 4.42. The fourth-order valence-electron chi connectivity index (χ4n) is 0.276. The van der Waals surface area contributed by atoms with Gasteiger partial charge in [-0.15, -0.1) is 11.6 Å². The molecular weight excluding hydrogens is 160 g/mol. The number of alkyl halides is 1. The Balaban J connectivity index is 4.23. The van der Waals surface area contributed by atoms with Crippen LogP contribution in [0.3, 0.4) is 0 Å². The van der Waals surface area contributed by atoms with Crippen LogP contribution < -0.4 is 0 Å². The second kappa shape index (κ2) is 3.22. The highest BCUT2D eigenvalue weighted by atomic mass is 35.5. The summed E-state index contributed by atoms with van der Waals surface area (Å²) < 4.78 is 21.5. The van der Waals surface area contributed by atoms with Gasteiger partial charge in [0.2, 0.25) is 0 Å². The second-order valence-electron chi connectivity index (χ2n) is 1.71. The lowest BCUT2D eigenvalue weighted by atomic mass is 10.8. The Morgan fingerprint density at radius 2 is 2.11 bits per heavy atom. The molecule has 0 spiro atoms. The van der Waals surface area contributed by atoms with Gasteiger partial charge in [-0.05, 0) is 6.92 Å². The van der Waals surface area contributed by atoms with Gasteiger partial charge in [0.05, 0.1) is 5.75 Å². The zero-order chi connectivity index (χ0) is 7.49. The number of hydrogen-bond donors (Lipinski definition) is 0. The number of allylic oxidation sites excluding steroid dienone is 1. The quantitative estimate of drug-likeness (QED) is 0.593. The molecule has 0 aliphatic rings. The highest BCUT2D eigenvalue weighted by Gasteiger charge is 2.08. The molecule has 0 unspecified atom stereocenters. The minimum atomic E-state index is -3.07. The zero-order valence-electron chi connectivity index (χ0n) is 5.22. The molecule has 0 radical (unpaired) electrons. The average Bonchev–Trinajstić information content (AvgIpc) is 1.65. The van der Waals surface area contributed by atoms with E-state index in [2.05, 4.69) is 6.58 Å². The summed E-state index contributed by atoms with van der Waals surface area (Å²) in [6.07, 6.45) is 0. The highest BCUT2D eigenvalue weighted by molar-refractivity contribution is 7.95. The number of hydrogen-bond acceptors (Lipinski definition) is 2. The van der Waals surface area contributed by atoms with Crippen molar-refractivity contribution in [3.05, 3.63) is 11.5 Å². The highest BCUT2D eigenvalue weighted by Crippen LogP contribution is 2.02. The van der Waals surface area contributed by atoms with Crippen LogP contribution in [0.15, 0.2) is 11.5 Å². The van der Waals surface area contributed by atoms with Gasteiger partial charge in [-0.25, -0.2) is 8.42 Å². The smallest absolute Gasteiger partial charge is 0.174 e. The summed E-state index contributed by atoms with van der Waals surface area (Å²) in [6, 6.07) is 0. The molecule has 0 amide bonds. The lowest BCUT2D eigenvalue weighted by molar-refractivity contribution is 0.603. The Bertz CT molecular complexity index is 193. The van der Waals surface area contributed by atoms with E-state index in [1.165, 1.54) is 6.92 Å². The largest absolute Gasteiger partial charge is 0.224 e. The first-order valence-electron chi connectivity index (χ1n) is 2.45. The standard InChI is InChI=1S/C5H9ClO2S/c1-5(2)9(7,8)4-3-6/h1,3-4H2,2H3. The first kappa shape index (κ1) is 8.98. The Kier molecular flexibility index (Phi) is 3.22. The summed E-state index contributed by atoms with van der Waals surface area (Å²) in [5, 5.41) is 0. The fourth-order valence-corrected chi connectivity index (χ4v) is 1.44. The van der Waals surface area contributed by atoms with Crippen molar-refractivity contribution in [2.75, 3.05) is 11.6 Å². The van der Waals surface area contributed by atoms with Crippen LogP contribution in [-0.2, 0) is 9.84 Å². The van der Waals surface area contributed by atoms with Gasteiger partial charge in [0.25, 0.3) is 0 Å². The SMILES string of the molecule is C=C(C)S(=O)(=O)CCCl. The molecule has 2 nitrogen and oxygen atoms in total. The van der Waals surface area contributed by atoms with E-state index in [1.54, 1.807) is 0 Å². The monoisotopic (exact) mass is 168 g/mol. The van der Waals surface area contributed by atoms with E-state index < -0.39 is 9.84 Å². The molecule has 0 rings (SSSR count). The minimum absolute atomic E-state index is 0.0100. The van der Waals surface area contributed by atoms with Gasteiger partial charge in [-0.1, -0.05) is 6.58 Å². The lowest BCUT2D eigenvalue weighted by Gasteiger charge is -1.96. The Morgan fingerprint density at radius 3 is 2.22 bits per heavy atom. The summed E-state index contributed by atoms with van der Waals surface area (Å²) in [5.41, 5.74) is 0. The minimum Gasteiger partial charge on any atom is -0.224 e. The molecule has 54 valence electrons. The maximum atomic E-state index is 10.7. The van der Waals surface area contributed by atoms with Crippen LogP contribution in [0.2, 0.25) is 0 Å². The molecule has 0 aromatic carbocycles. The summed E-state index contributed by atoms with van der Waals surface area (Å²) in [7, 11) is -3.07.